The van der Waals surface area contributed by atoms with Gasteiger partial charge >= 0.3 is 0 Å². The molecule has 0 radical (unpaired) electrons. The molecule has 0 aliphatic carbocycles. The Labute approximate surface area is 514 Å². The van der Waals surface area contributed by atoms with Crippen molar-refractivity contribution in [3.63, 3.8) is 0 Å². The zero-order valence-electron chi connectivity index (χ0n) is 56.7. The topological polar surface area (TPSA) is 65.3 Å². The number of rotatable bonds is 9. The fraction of sp³-hybridized carbons (Fsp3) is 0.455. The van der Waals surface area contributed by atoms with Gasteiger partial charge in [0, 0.05) is 0 Å². The third kappa shape index (κ3) is 95.4. The maximum Gasteiger partial charge on any atom is 0.119 e. The molecule has 10 rings (SSSR count). The first kappa shape index (κ1) is 90.6. The van der Waals surface area contributed by atoms with Crippen LogP contribution in [0, 0.1) is 0 Å². The average Bonchev–Trinajstić information content (AvgIpc) is 4.42. The summed E-state index contributed by atoms with van der Waals surface area (Å²) in [6, 6.07) is 77.4. The van der Waals surface area contributed by atoms with Gasteiger partial charge in [0.15, 0.2) is 0 Å². The van der Waals surface area contributed by atoms with E-state index in [1.807, 2.05) is 292 Å². The van der Waals surface area contributed by atoms with Crippen molar-refractivity contribution in [3.05, 3.63) is 237 Å². The summed E-state index contributed by atoms with van der Waals surface area (Å²) in [5, 5.41) is 0. The molecular weight excluding hydrogens is 1020 g/mol. The monoisotopic (exact) mass is 1150 g/mol. The molecule has 3 aliphatic rings. The molecule has 0 amide bonds. The van der Waals surface area contributed by atoms with Crippen molar-refractivity contribution in [1.29, 1.82) is 0 Å². The normalized spacial score (nSPS) is 12.4. The van der Waals surface area contributed by atoms with Gasteiger partial charge in [0.1, 0.15) is 55.4 Å². The highest BCUT2D eigenvalue weighted by atomic mass is 16.6. The molecule has 0 N–H and O–H groups in total. The second kappa shape index (κ2) is 89.6. The number of hydrogen-bond donors (Lipinski definition) is 0. The van der Waals surface area contributed by atoms with Gasteiger partial charge in [-0.05, 0) is 36.4 Å². The van der Waals surface area contributed by atoms with E-state index in [1.54, 1.807) is 0 Å². The van der Waals surface area contributed by atoms with Crippen molar-refractivity contribution < 1.29 is 28.4 Å². The minimum Gasteiger partial charge on any atom is -0.491 e. The third-order valence-corrected chi connectivity index (χ3v) is 7.41. The largest absolute Gasteiger partial charge is 0.491 e. The van der Waals surface area contributed by atoms with E-state index in [9.17, 15) is 0 Å². The van der Waals surface area contributed by atoms with Crippen molar-refractivity contribution in [2.75, 3.05) is 39.6 Å². The fourth-order valence-corrected chi connectivity index (χ4v) is 4.15. The summed E-state index contributed by atoms with van der Waals surface area (Å²) in [7, 11) is 0. The molecule has 3 aliphatic heterocycles. The van der Waals surface area contributed by atoms with Crippen LogP contribution in [-0.4, -0.2) is 58.0 Å². The number of para-hydroxylation sites is 3. The lowest BCUT2D eigenvalue weighted by Gasteiger charge is -2.01. The quantitative estimate of drug-likeness (QED) is 0.134. The van der Waals surface area contributed by atoms with E-state index in [-0.39, 0.29) is 0 Å². The van der Waals surface area contributed by atoms with Crippen LogP contribution in [0.3, 0.4) is 0 Å². The van der Waals surface area contributed by atoms with Gasteiger partial charge < -0.3 is 28.4 Å². The lowest BCUT2D eigenvalue weighted by molar-refractivity contribution is 0.263. The van der Waals surface area contributed by atoms with Crippen molar-refractivity contribution in [1.82, 2.24) is 0 Å². The summed E-state index contributed by atoms with van der Waals surface area (Å²) >= 11 is 0. The molecule has 0 bridgehead atoms. The van der Waals surface area contributed by atoms with Crippen LogP contribution in [0.4, 0.5) is 0 Å². The van der Waals surface area contributed by atoms with Gasteiger partial charge in [0.2, 0.25) is 0 Å². The Morgan fingerprint density at radius 3 is 0.422 bits per heavy atom. The molecule has 0 spiro atoms. The molecule has 83 heavy (non-hydrogen) atoms. The predicted octanol–water partition coefficient (Wildman–Crippen LogP) is 23.7. The average molecular weight is 1150 g/mol. The molecule has 7 aromatic carbocycles. The van der Waals surface area contributed by atoms with Crippen LogP contribution in [0.5, 0.6) is 17.2 Å². The lowest BCUT2D eigenvalue weighted by Crippen LogP contribution is -2.03. The maximum atomic E-state index is 5.40. The van der Waals surface area contributed by atoms with E-state index in [4.69, 9.17) is 28.4 Å². The van der Waals surface area contributed by atoms with E-state index in [1.165, 1.54) is 38.5 Å². The molecule has 3 heterocycles. The summed E-state index contributed by atoms with van der Waals surface area (Å²) in [4.78, 5) is 0. The summed E-state index contributed by atoms with van der Waals surface area (Å²) in [5.41, 5.74) is 0. The van der Waals surface area contributed by atoms with Crippen molar-refractivity contribution >= 4 is 0 Å². The standard InChI is InChI=1S/3C9H10O2.4C6H6.6C3H8.4C2H6/c3*1-2-4-8(5-3-1)10-6-9-7-11-9;4*1-2-4-6-5-3-1;6*1-3-2;4*1-2/h3*1-5,9H,6-7H2;4*1-6H;6*3H2,1-2H3;4*1-2H3. The highest BCUT2D eigenvalue weighted by Gasteiger charge is 2.24. The van der Waals surface area contributed by atoms with E-state index >= 15 is 0 Å². The van der Waals surface area contributed by atoms with Crippen molar-refractivity contribution in [2.45, 2.75) is 195 Å². The summed E-state index contributed by atoms with van der Waals surface area (Å²) in [5.74, 6) is 2.76. The van der Waals surface area contributed by atoms with E-state index in [0.717, 1.165) is 37.1 Å². The van der Waals surface area contributed by atoms with Crippen LogP contribution in [0.15, 0.2) is 237 Å². The van der Waals surface area contributed by atoms with Crippen molar-refractivity contribution in [3.8, 4) is 17.2 Å². The fourth-order valence-electron chi connectivity index (χ4n) is 4.15. The summed E-state index contributed by atoms with van der Waals surface area (Å²) in [6.07, 6.45) is 8.53. The van der Waals surface area contributed by atoms with E-state index in [2.05, 4.69) is 83.1 Å². The predicted molar refractivity (Wildman–Crippen MR) is 372 cm³/mol. The molecule has 0 saturated carbocycles. The Bertz CT molecular complexity index is 1560. The van der Waals surface area contributed by atoms with Gasteiger partial charge in [-0.3, -0.25) is 0 Å². The van der Waals surface area contributed by atoms with E-state index in [0.29, 0.717) is 38.1 Å². The summed E-state index contributed by atoms with van der Waals surface area (Å²) in [6.45, 7) is 46.1. The lowest BCUT2D eigenvalue weighted by atomic mass is 10.3. The van der Waals surface area contributed by atoms with Gasteiger partial charge in [-0.25, -0.2) is 0 Å². The van der Waals surface area contributed by atoms with Gasteiger partial charge in [-0.2, -0.15) is 0 Å². The Morgan fingerprint density at radius 2 is 0.325 bits per heavy atom. The zero-order valence-corrected chi connectivity index (χ0v) is 56.7. The van der Waals surface area contributed by atoms with Gasteiger partial charge in [0.05, 0.1) is 19.8 Å². The number of benzene rings is 7. The van der Waals surface area contributed by atoms with Gasteiger partial charge in [-0.15, -0.1) is 0 Å². The summed E-state index contributed by atoms with van der Waals surface area (Å²) < 4.78 is 31.2. The van der Waals surface area contributed by atoms with Gasteiger partial charge in [-0.1, -0.05) is 377 Å². The van der Waals surface area contributed by atoms with Crippen LogP contribution in [0.2, 0.25) is 0 Å². The Morgan fingerprint density at radius 1 is 0.229 bits per heavy atom. The number of ether oxygens (including phenoxy) is 6. The molecule has 6 nitrogen and oxygen atoms in total. The molecule has 0 aromatic heterocycles. The van der Waals surface area contributed by atoms with Crippen LogP contribution < -0.4 is 14.2 Å². The SMILES string of the molecule is CC.CC.CC.CC.CCC.CCC.CCC.CCC.CCC.CCC.c1ccc(OCC2CO2)cc1.c1ccc(OCC2CO2)cc1.c1ccc(OCC2CO2)cc1.c1ccccc1.c1ccccc1.c1ccccc1.c1ccccc1. The Balaban J connectivity index is -0.000000154. The second-order valence-electron chi connectivity index (χ2n) is 16.6. The zero-order chi connectivity index (χ0) is 63.8. The third-order valence-electron chi connectivity index (χ3n) is 7.41. The molecule has 3 unspecified atom stereocenters. The Kier molecular flexibility index (Phi) is 97.8. The molecule has 3 saturated heterocycles. The molecule has 6 heteroatoms. The van der Waals surface area contributed by atoms with Crippen molar-refractivity contribution in [2.24, 2.45) is 0 Å². The highest BCUT2D eigenvalue weighted by molar-refractivity contribution is 5.22. The smallest absolute Gasteiger partial charge is 0.119 e. The van der Waals surface area contributed by atoms with Crippen LogP contribution in [-0.2, 0) is 14.2 Å². The Hall–Kier alpha value is -6.18. The minimum absolute atomic E-state index is 0.343. The van der Waals surface area contributed by atoms with Crippen LogP contribution >= 0.6 is 0 Å². The molecule has 7 aromatic rings. The van der Waals surface area contributed by atoms with Crippen LogP contribution in [0.1, 0.15) is 177 Å². The first-order valence-corrected chi connectivity index (χ1v) is 31.7. The molecule has 470 valence electrons. The minimum atomic E-state index is 0.343. The molecule has 3 atom stereocenters. The highest BCUT2D eigenvalue weighted by Crippen LogP contribution is 2.15. The van der Waals surface area contributed by atoms with E-state index < -0.39 is 0 Å². The second-order valence-corrected chi connectivity index (χ2v) is 16.6. The first-order valence-electron chi connectivity index (χ1n) is 31.7. The molecule has 3 fully saturated rings. The van der Waals surface area contributed by atoms with Gasteiger partial charge in [0.25, 0.3) is 0 Å². The molecular formula is C77H126O6. The number of epoxide rings is 3. The maximum absolute atomic E-state index is 5.40. The first-order chi connectivity index (χ1) is 40.8. The number of hydrogen-bond acceptors (Lipinski definition) is 6. The van der Waals surface area contributed by atoms with Crippen LogP contribution in [0.25, 0.3) is 0 Å².